The zero-order valence-corrected chi connectivity index (χ0v) is 8.48. The Balaban J connectivity index is 3.43. The quantitative estimate of drug-likeness (QED) is 0.521. The average molecular weight is 154 g/mol. The normalized spacial score (nSPS) is 10.3. The Morgan fingerprint density at radius 1 is 1.18 bits per heavy atom. The summed E-state index contributed by atoms with van der Waals surface area (Å²) in [5.41, 5.74) is 1.45. The van der Waals surface area contributed by atoms with Gasteiger partial charge in [0, 0.05) is 0 Å². The first-order chi connectivity index (χ1) is 5.20. The second-order valence-electron chi connectivity index (χ2n) is 3.54. The van der Waals surface area contributed by atoms with Crippen molar-refractivity contribution in [3.05, 3.63) is 11.6 Å². The van der Waals surface area contributed by atoms with E-state index in [2.05, 4.69) is 33.8 Å². The molecule has 0 rings (SSSR count). The summed E-state index contributed by atoms with van der Waals surface area (Å²) in [5.74, 6) is 0.950. The first-order valence-electron chi connectivity index (χ1n) is 4.84. The Hall–Kier alpha value is -0.260. The van der Waals surface area contributed by atoms with Crippen molar-refractivity contribution in [2.24, 2.45) is 5.92 Å². The van der Waals surface area contributed by atoms with Gasteiger partial charge in [-0.1, -0.05) is 38.3 Å². The van der Waals surface area contributed by atoms with Crippen molar-refractivity contribution in [1.82, 2.24) is 0 Å². The van der Waals surface area contributed by atoms with Crippen molar-refractivity contribution >= 4 is 0 Å². The summed E-state index contributed by atoms with van der Waals surface area (Å²) in [4.78, 5) is 0. The van der Waals surface area contributed by atoms with Crippen LogP contribution in [0.3, 0.4) is 0 Å². The van der Waals surface area contributed by atoms with E-state index >= 15 is 0 Å². The molecule has 0 aromatic heterocycles. The van der Waals surface area contributed by atoms with Gasteiger partial charge in [-0.15, -0.1) is 0 Å². The van der Waals surface area contributed by atoms with Gasteiger partial charge in [0.1, 0.15) is 0 Å². The maximum absolute atomic E-state index is 2.35. The molecule has 0 atom stereocenters. The van der Waals surface area contributed by atoms with Gasteiger partial charge in [0.15, 0.2) is 0 Å². The van der Waals surface area contributed by atoms with Crippen LogP contribution in [0, 0.1) is 5.92 Å². The van der Waals surface area contributed by atoms with Crippen LogP contribution in [0.4, 0.5) is 0 Å². The smallest absolute Gasteiger partial charge is 0.0346 e. The number of allylic oxidation sites excluding steroid dienone is 2. The monoisotopic (exact) mass is 154 g/mol. The van der Waals surface area contributed by atoms with Gasteiger partial charge in [0.2, 0.25) is 0 Å². The predicted molar refractivity (Wildman–Crippen MR) is 52.7 cm³/mol. The predicted octanol–water partition coefficient (Wildman–Crippen LogP) is 4.17. The Bertz CT molecular complexity index is 103. The van der Waals surface area contributed by atoms with Crippen molar-refractivity contribution in [1.29, 1.82) is 0 Å². The second kappa shape index (κ2) is 6.45. The maximum Gasteiger partial charge on any atom is -0.0346 e. The summed E-state index contributed by atoms with van der Waals surface area (Å²) in [6.45, 7) is 8.92. The summed E-state index contributed by atoms with van der Waals surface area (Å²) >= 11 is 0. The second-order valence-corrected chi connectivity index (χ2v) is 3.54. The molecule has 0 aromatic carbocycles. The standard InChI is InChI=1S/C11H22/c1-5-11(6-2)9-7-8-10(3)4/h8,11H,5-7,9H2,1-4H3. The molecular formula is C11H22. The van der Waals surface area contributed by atoms with Crippen molar-refractivity contribution < 1.29 is 0 Å². The van der Waals surface area contributed by atoms with E-state index in [1.807, 2.05) is 0 Å². The Labute approximate surface area is 71.7 Å². The van der Waals surface area contributed by atoms with Crippen LogP contribution in [0.1, 0.15) is 53.4 Å². The molecular weight excluding hydrogens is 132 g/mol. The number of hydrogen-bond donors (Lipinski definition) is 0. The molecule has 0 aliphatic carbocycles. The highest BCUT2D eigenvalue weighted by Crippen LogP contribution is 2.15. The van der Waals surface area contributed by atoms with Crippen LogP contribution in [0.2, 0.25) is 0 Å². The van der Waals surface area contributed by atoms with Crippen molar-refractivity contribution in [2.45, 2.75) is 53.4 Å². The maximum atomic E-state index is 2.35. The van der Waals surface area contributed by atoms with E-state index in [1.165, 1.54) is 31.3 Å². The van der Waals surface area contributed by atoms with Crippen LogP contribution in [0.25, 0.3) is 0 Å². The van der Waals surface area contributed by atoms with Gasteiger partial charge < -0.3 is 0 Å². The third-order valence-corrected chi connectivity index (χ3v) is 2.28. The Morgan fingerprint density at radius 3 is 2.09 bits per heavy atom. The molecule has 0 N–H and O–H groups in total. The van der Waals surface area contributed by atoms with E-state index in [0.29, 0.717) is 0 Å². The zero-order chi connectivity index (χ0) is 8.69. The van der Waals surface area contributed by atoms with Crippen LogP contribution < -0.4 is 0 Å². The van der Waals surface area contributed by atoms with E-state index in [-0.39, 0.29) is 0 Å². The van der Waals surface area contributed by atoms with Gasteiger partial charge >= 0.3 is 0 Å². The summed E-state index contributed by atoms with van der Waals surface area (Å²) in [7, 11) is 0. The van der Waals surface area contributed by atoms with Gasteiger partial charge in [-0.05, 0) is 32.6 Å². The Kier molecular flexibility index (Phi) is 6.30. The van der Waals surface area contributed by atoms with Crippen molar-refractivity contribution in [3.8, 4) is 0 Å². The molecule has 11 heavy (non-hydrogen) atoms. The lowest BCUT2D eigenvalue weighted by Gasteiger charge is -2.09. The van der Waals surface area contributed by atoms with Crippen LogP contribution in [-0.2, 0) is 0 Å². The molecule has 0 fully saturated rings. The molecule has 0 nitrogen and oxygen atoms in total. The van der Waals surface area contributed by atoms with E-state index in [1.54, 1.807) is 0 Å². The largest absolute Gasteiger partial charge is 0.0859 e. The molecule has 0 radical (unpaired) electrons. The first kappa shape index (κ1) is 10.7. The Morgan fingerprint density at radius 2 is 1.73 bits per heavy atom. The van der Waals surface area contributed by atoms with Crippen LogP contribution in [-0.4, -0.2) is 0 Å². The molecule has 66 valence electrons. The van der Waals surface area contributed by atoms with Gasteiger partial charge in [0.25, 0.3) is 0 Å². The van der Waals surface area contributed by atoms with Crippen LogP contribution in [0.5, 0.6) is 0 Å². The third-order valence-electron chi connectivity index (χ3n) is 2.28. The highest BCUT2D eigenvalue weighted by molar-refractivity contribution is 4.92. The van der Waals surface area contributed by atoms with E-state index in [4.69, 9.17) is 0 Å². The number of rotatable bonds is 5. The van der Waals surface area contributed by atoms with Crippen molar-refractivity contribution in [2.75, 3.05) is 0 Å². The minimum atomic E-state index is 0.950. The fourth-order valence-corrected chi connectivity index (χ4v) is 1.30. The van der Waals surface area contributed by atoms with E-state index < -0.39 is 0 Å². The van der Waals surface area contributed by atoms with Crippen LogP contribution in [0.15, 0.2) is 11.6 Å². The van der Waals surface area contributed by atoms with Crippen LogP contribution >= 0.6 is 0 Å². The summed E-state index contributed by atoms with van der Waals surface area (Å²) in [6.07, 6.45) is 7.67. The number of hydrogen-bond acceptors (Lipinski definition) is 0. The zero-order valence-electron chi connectivity index (χ0n) is 8.48. The summed E-state index contributed by atoms with van der Waals surface area (Å²) in [5, 5.41) is 0. The molecule has 0 heterocycles. The van der Waals surface area contributed by atoms with Crippen molar-refractivity contribution in [3.63, 3.8) is 0 Å². The lowest BCUT2D eigenvalue weighted by Crippen LogP contribution is -1.94. The molecule has 0 heteroatoms. The minimum Gasteiger partial charge on any atom is -0.0859 e. The molecule has 0 aliphatic rings. The first-order valence-corrected chi connectivity index (χ1v) is 4.84. The van der Waals surface area contributed by atoms with Gasteiger partial charge in [-0.25, -0.2) is 0 Å². The van der Waals surface area contributed by atoms with E-state index in [9.17, 15) is 0 Å². The summed E-state index contributed by atoms with van der Waals surface area (Å²) < 4.78 is 0. The SMILES string of the molecule is CCC(CC)CCC=C(C)C. The molecule has 0 saturated carbocycles. The molecule has 0 amide bonds. The highest BCUT2D eigenvalue weighted by atomic mass is 14.1. The molecule has 0 aromatic rings. The molecule has 0 aliphatic heterocycles. The summed E-state index contributed by atoms with van der Waals surface area (Å²) in [6, 6.07) is 0. The third kappa shape index (κ3) is 6.15. The van der Waals surface area contributed by atoms with Gasteiger partial charge in [-0.3, -0.25) is 0 Å². The highest BCUT2D eigenvalue weighted by Gasteiger charge is 2.00. The lowest BCUT2D eigenvalue weighted by atomic mass is 9.97. The molecule has 0 bridgehead atoms. The fourth-order valence-electron chi connectivity index (χ4n) is 1.30. The lowest BCUT2D eigenvalue weighted by molar-refractivity contribution is 0.460. The van der Waals surface area contributed by atoms with Gasteiger partial charge in [0.05, 0.1) is 0 Å². The molecule has 0 spiro atoms. The van der Waals surface area contributed by atoms with Gasteiger partial charge in [-0.2, -0.15) is 0 Å². The topological polar surface area (TPSA) is 0 Å². The molecule has 0 unspecified atom stereocenters. The average Bonchev–Trinajstić information content (AvgIpc) is 1.98. The fraction of sp³-hybridized carbons (Fsp3) is 0.818. The molecule has 0 saturated heterocycles. The minimum absolute atomic E-state index is 0.950. The van der Waals surface area contributed by atoms with E-state index in [0.717, 1.165) is 5.92 Å².